The normalized spacial score (nSPS) is 17.2. The largest absolute Gasteiger partial charge is 0.452 e. The average Bonchev–Trinajstić information content (AvgIpc) is 3.06. The minimum absolute atomic E-state index is 0.0815. The van der Waals surface area contributed by atoms with E-state index < -0.39 is 23.9 Å². The number of carbonyl (C=O) groups excluding carboxylic acids is 3. The standard InChI is InChI=1S/C23H26N2O4/c1-14-5-8-19(9-6-14)25-13-18(12-21(25)26)23(28)29-17(4)22(27)24-20-10-7-15(2)11-16(20)3/h5-11,17-18H,12-13H2,1-4H3,(H,24,27)/t17-,18-/m1/s1. The van der Waals surface area contributed by atoms with E-state index in [1.807, 2.05) is 63.2 Å². The van der Waals surface area contributed by atoms with Gasteiger partial charge in [0, 0.05) is 24.3 Å². The molecular formula is C23H26N2O4. The number of hydrogen-bond donors (Lipinski definition) is 1. The van der Waals surface area contributed by atoms with Crippen molar-refractivity contribution in [1.29, 1.82) is 0 Å². The fourth-order valence-electron chi connectivity index (χ4n) is 3.35. The minimum Gasteiger partial charge on any atom is -0.452 e. The highest BCUT2D eigenvalue weighted by molar-refractivity contribution is 6.00. The summed E-state index contributed by atoms with van der Waals surface area (Å²) in [6.45, 7) is 7.65. The van der Waals surface area contributed by atoms with Gasteiger partial charge in [-0.3, -0.25) is 14.4 Å². The Morgan fingerprint density at radius 2 is 1.72 bits per heavy atom. The Morgan fingerprint density at radius 3 is 2.38 bits per heavy atom. The number of ether oxygens (including phenoxy) is 1. The van der Waals surface area contributed by atoms with Crippen molar-refractivity contribution in [2.75, 3.05) is 16.8 Å². The van der Waals surface area contributed by atoms with E-state index in [1.165, 1.54) is 6.92 Å². The van der Waals surface area contributed by atoms with E-state index in [2.05, 4.69) is 5.32 Å². The van der Waals surface area contributed by atoms with E-state index in [-0.39, 0.29) is 18.9 Å². The zero-order valence-electron chi connectivity index (χ0n) is 17.2. The predicted octanol–water partition coefficient (Wildman–Crippen LogP) is 3.54. The van der Waals surface area contributed by atoms with Gasteiger partial charge >= 0.3 is 5.97 Å². The van der Waals surface area contributed by atoms with Crippen molar-refractivity contribution in [3.63, 3.8) is 0 Å². The van der Waals surface area contributed by atoms with Gasteiger partial charge in [-0.2, -0.15) is 0 Å². The summed E-state index contributed by atoms with van der Waals surface area (Å²) in [6.07, 6.45) is -0.871. The van der Waals surface area contributed by atoms with Gasteiger partial charge in [0.25, 0.3) is 5.91 Å². The first kappa shape index (κ1) is 20.6. The first-order valence-electron chi connectivity index (χ1n) is 9.70. The third-order valence-electron chi connectivity index (χ3n) is 5.11. The van der Waals surface area contributed by atoms with Crippen molar-refractivity contribution >= 4 is 29.2 Å². The second-order valence-corrected chi connectivity index (χ2v) is 7.63. The van der Waals surface area contributed by atoms with Gasteiger partial charge in [0.2, 0.25) is 5.91 Å². The number of esters is 1. The maximum absolute atomic E-state index is 12.5. The number of nitrogens with zero attached hydrogens (tertiary/aromatic N) is 1. The highest BCUT2D eigenvalue weighted by Crippen LogP contribution is 2.26. The molecule has 0 radical (unpaired) electrons. The van der Waals surface area contributed by atoms with Crippen LogP contribution in [-0.4, -0.2) is 30.4 Å². The van der Waals surface area contributed by atoms with Gasteiger partial charge in [0.05, 0.1) is 5.92 Å². The molecule has 3 rings (SSSR count). The zero-order chi connectivity index (χ0) is 21.1. The predicted molar refractivity (Wildman–Crippen MR) is 112 cm³/mol. The number of aryl methyl sites for hydroxylation is 3. The van der Waals surface area contributed by atoms with Gasteiger partial charge in [-0.05, 0) is 51.5 Å². The molecule has 0 unspecified atom stereocenters. The van der Waals surface area contributed by atoms with E-state index in [4.69, 9.17) is 4.74 Å². The van der Waals surface area contributed by atoms with Crippen molar-refractivity contribution in [3.05, 3.63) is 59.2 Å². The molecule has 0 aliphatic carbocycles. The number of amides is 2. The summed E-state index contributed by atoms with van der Waals surface area (Å²) in [5.41, 5.74) is 4.58. The van der Waals surface area contributed by atoms with E-state index in [1.54, 1.807) is 4.90 Å². The third-order valence-corrected chi connectivity index (χ3v) is 5.11. The average molecular weight is 394 g/mol. The Labute approximate surface area is 170 Å². The second kappa shape index (κ2) is 8.47. The minimum atomic E-state index is -0.952. The van der Waals surface area contributed by atoms with Gasteiger partial charge in [-0.15, -0.1) is 0 Å². The molecule has 2 atom stereocenters. The van der Waals surface area contributed by atoms with Crippen LogP contribution in [0, 0.1) is 26.7 Å². The molecule has 1 aliphatic heterocycles. The quantitative estimate of drug-likeness (QED) is 0.787. The molecule has 1 aliphatic rings. The van der Waals surface area contributed by atoms with Crippen molar-refractivity contribution in [3.8, 4) is 0 Å². The van der Waals surface area contributed by atoms with Crippen molar-refractivity contribution in [2.45, 2.75) is 40.2 Å². The van der Waals surface area contributed by atoms with Gasteiger partial charge < -0.3 is 15.0 Å². The van der Waals surface area contributed by atoms with E-state index in [0.717, 1.165) is 22.4 Å². The van der Waals surface area contributed by atoms with Crippen LogP contribution in [0.4, 0.5) is 11.4 Å². The number of carbonyl (C=O) groups is 3. The number of hydrogen-bond acceptors (Lipinski definition) is 4. The highest BCUT2D eigenvalue weighted by Gasteiger charge is 2.37. The van der Waals surface area contributed by atoms with Crippen molar-refractivity contribution in [2.24, 2.45) is 5.92 Å². The molecule has 2 aromatic carbocycles. The summed E-state index contributed by atoms with van der Waals surface area (Å²) in [4.78, 5) is 38.9. The molecule has 1 N–H and O–H groups in total. The van der Waals surface area contributed by atoms with E-state index in [0.29, 0.717) is 5.69 Å². The smallest absolute Gasteiger partial charge is 0.312 e. The topological polar surface area (TPSA) is 75.7 Å². The molecule has 0 saturated carbocycles. The Bertz CT molecular complexity index is 936. The lowest BCUT2D eigenvalue weighted by Crippen LogP contribution is -2.33. The van der Waals surface area contributed by atoms with Crippen LogP contribution >= 0.6 is 0 Å². The van der Waals surface area contributed by atoms with Crippen LogP contribution in [0.1, 0.15) is 30.0 Å². The van der Waals surface area contributed by atoms with Crippen LogP contribution in [0.3, 0.4) is 0 Å². The summed E-state index contributed by atoms with van der Waals surface area (Å²) >= 11 is 0. The molecule has 2 aromatic rings. The molecular weight excluding hydrogens is 368 g/mol. The van der Waals surface area contributed by atoms with Crippen LogP contribution in [0.25, 0.3) is 0 Å². The molecule has 29 heavy (non-hydrogen) atoms. The molecule has 1 fully saturated rings. The monoisotopic (exact) mass is 394 g/mol. The summed E-state index contributed by atoms with van der Waals surface area (Å²) in [7, 11) is 0. The van der Waals surface area contributed by atoms with Gasteiger partial charge in [-0.1, -0.05) is 35.4 Å². The third kappa shape index (κ3) is 4.83. The van der Waals surface area contributed by atoms with Crippen molar-refractivity contribution < 1.29 is 19.1 Å². The van der Waals surface area contributed by atoms with Crippen LogP contribution in [0.15, 0.2) is 42.5 Å². The number of anilines is 2. The Hall–Kier alpha value is -3.15. The zero-order valence-corrected chi connectivity index (χ0v) is 17.2. The highest BCUT2D eigenvalue weighted by atomic mass is 16.5. The lowest BCUT2D eigenvalue weighted by molar-refractivity contribution is -0.157. The maximum Gasteiger partial charge on any atom is 0.312 e. The first-order chi connectivity index (χ1) is 13.7. The second-order valence-electron chi connectivity index (χ2n) is 7.63. The Morgan fingerprint density at radius 1 is 1.07 bits per heavy atom. The lowest BCUT2D eigenvalue weighted by Gasteiger charge is -2.18. The summed E-state index contributed by atoms with van der Waals surface area (Å²) in [6, 6.07) is 13.3. The van der Waals surface area contributed by atoms with E-state index >= 15 is 0 Å². The fourth-order valence-corrected chi connectivity index (χ4v) is 3.35. The lowest BCUT2D eigenvalue weighted by atomic mass is 10.1. The molecule has 0 bridgehead atoms. The van der Waals surface area contributed by atoms with Gasteiger partial charge in [0.1, 0.15) is 0 Å². The van der Waals surface area contributed by atoms with Crippen LogP contribution in [0.2, 0.25) is 0 Å². The van der Waals surface area contributed by atoms with Crippen LogP contribution in [0.5, 0.6) is 0 Å². The molecule has 6 nitrogen and oxygen atoms in total. The molecule has 1 heterocycles. The van der Waals surface area contributed by atoms with Gasteiger partial charge in [-0.25, -0.2) is 0 Å². The van der Waals surface area contributed by atoms with E-state index in [9.17, 15) is 14.4 Å². The molecule has 152 valence electrons. The Balaban J connectivity index is 1.58. The number of benzene rings is 2. The summed E-state index contributed by atoms with van der Waals surface area (Å²) < 4.78 is 5.35. The van der Waals surface area contributed by atoms with Gasteiger partial charge in [0.15, 0.2) is 6.10 Å². The molecule has 6 heteroatoms. The summed E-state index contributed by atoms with van der Waals surface area (Å²) in [5, 5.41) is 2.79. The number of rotatable bonds is 5. The fraction of sp³-hybridized carbons (Fsp3) is 0.348. The summed E-state index contributed by atoms with van der Waals surface area (Å²) in [5.74, 6) is -1.63. The number of nitrogens with one attached hydrogen (secondary N) is 1. The Kier molecular flexibility index (Phi) is 6.01. The maximum atomic E-state index is 12.5. The van der Waals surface area contributed by atoms with Crippen LogP contribution in [-0.2, 0) is 19.1 Å². The van der Waals surface area contributed by atoms with Crippen LogP contribution < -0.4 is 10.2 Å². The molecule has 2 amide bonds. The molecule has 1 saturated heterocycles. The van der Waals surface area contributed by atoms with Crippen molar-refractivity contribution in [1.82, 2.24) is 0 Å². The SMILES string of the molecule is Cc1ccc(N2C[C@H](C(=O)O[C@H](C)C(=O)Nc3ccc(C)cc3C)CC2=O)cc1. The first-order valence-corrected chi connectivity index (χ1v) is 9.70. The molecule has 0 aromatic heterocycles. The molecule has 0 spiro atoms.